The first kappa shape index (κ1) is 20.4. The monoisotopic (exact) mass is 407 g/mol. The number of nitrogens with zero attached hydrogens (tertiary/aromatic N) is 2. The molecular formula is C24H29N3O3. The Labute approximate surface area is 177 Å². The van der Waals surface area contributed by atoms with Crippen molar-refractivity contribution < 1.29 is 14.3 Å². The van der Waals surface area contributed by atoms with E-state index in [9.17, 15) is 9.59 Å². The molecule has 1 unspecified atom stereocenters. The van der Waals surface area contributed by atoms with Crippen LogP contribution in [0.2, 0.25) is 0 Å². The third-order valence-electron chi connectivity index (χ3n) is 6.17. The predicted molar refractivity (Wildman–Crippen MR) is 118 cm³/mol. The molecule has 30 heavy (non-hydrogen) atoms. The smallest absolute Gasteiger partial charge is 0.411 e. The van der Waals surface area contributed by atoms with Crippen molar-refractivity contribution in [3.8, 4) is 0 Å². The summed E-state index contributed by atoms with van der Waals surface area (Å²) in [5.74, 6) is 0.0720. The second-order valence-corrected chi connectivity index (χ2v) is 8.04. The number of rotatable bonds is 3. The van der Waals surface area contributed by atoms with Crippen LogP contribution < -0.4 is 10.2 Å². The van der Waals surface area contributed by atoms with Gasteiger partial charge in [0.05, 0.1) is 24.5 Å². The summed E-state index contributed by atoms with van der Waals surface area (Å²) in [4.78, 5) is 29.7. The number of methoxy groups -OCH3 is 1. The normalized spacial score (nSPS) is 17.3. The van der Waals surface area contributed by atoms with E-state index >= 15 is 0 Å². The fourth-order valence-electron chi connectivity index (χ4n) is 4.46. The van der Waals surface area contributed by atoms with Gasteiger partial charge in [0, 0.05) is 5.69 Å². The van der Waals surface area contributed by atoms with Crippen molar-refractivity contribution in [3.63, 3.8) is 0 Å². The summed E-state index contributed by atoms with van der Waals surface area (Å²) in [6.45, 7) is 3.93. The number of likely N-dealkylation sites (tertiary alicyclic amines) is 1. The highest BCUT2D eigenvalue weighted by Gasteiger charge is 2.32. The number of fused-ring (bicyclic) bond motifs is 2. The second-order valence-electron chi connectivity index (χ2n) is 8.04. The maximum Gasteiger partial charge on any atom is 0.411 e. The van der Waals surface area contributed by atoms with E-state index in [1.165, 1.54) is 13.5 Å². The van der Waals surface area contributed by atoms with Crippen molar-refractivity contribution in [2.45, 2.75) is 45.1 Å². The van der Waals surface area contributed by atoms with Crippen LogP contribution in [0.5, 0.6) is 0 Å². The van der Waals surface area contributed by atoms with Crippen LogP contribution in [-0.4, -0.2) is 43.1 Å². The number of carbonyl (C=O) groups is 2. The quantitative estimate of drug-likeness (QED) is 0.814. The topological polar surface area (TPSA) is 61.9 Å². The highest BCUT2D eigenvalue weighted by molar-refractivity contribution is 6.05. The molecule has 4 rings (SSSR count). The molecule has 6 heteroatoms. The van der Waals surface area contributed by atoms with Crippen molar-refractivity contribution in [1.29, 1.82) is 0 Å². The van der Waals surface area contributed by atoms with Crippen molar-refractivity contribution in [1.82, 2.24) is 4.90 Å². The Morgan fingerprint density at radius 3 is 2.40 bits per heavy atom. The number of carbonyl (C=O) groups excluding carboxylic acids is 2. The molecule has 0 radical (unpaired) electrons. The molecule has 0 aliphatic carbocycles. The van der Waals surface area contributed by atoms with Crippen LogP contribution in [0.1, 0.15) is 37.3 Å². The molecule has 0 bridgehead atoms. The zero-order valence-electron chi connectivity index (χ0n) is 17.7. The van der Waals surface area contributed by atoms with E-state index in [-0.39, 0.29) is 11.9 Å². The summed E-state index contributed by atoms with van der Waals surface area (Å²) in [5, 5.41) is 2.73. The van der Waals surface area contributed by atoms with E-state index in [0.29, 0.717) is 5.69 Å². The molecule has 158 valence electrons. The number of anilines is 3. The highest BCUT2D eigenvalue weighted by atomic mass is 16.5. The Morgan fingerprint density at radius 1 is 0.967 bits per heavy atom. The van der Waals surface area contributed by atoms with E-state index in [1.54, 1.807) is 0 Å². The molecular weight excluding hydrogens is 378 g/mol. The first-order valence-corrected chi connectivity index (χ1v) is 10.7. The van der Waals surface area contributed by atoms with Gasteiger partial charge in [-0.25, -0.2) is 4.79 Å². The minimum absolute atomic E-state index is 0.0720. The molecule has 2 aromatic carbocycles. The number of ether oxygens (including phenoxy) is 1. The molecule has 2 amide bonds. The van der Waals surface area contributed by atoms with Gasteiger partial charge in [-0.3, -0.25) is 19.9 Å². The number of benzene rings is 2. The molecule has 1 atom stereocenters. The summed E-state index contributed by atoms with van der Waals surface area (Å²) < 4.78 is 4.73. The van der Waals surface area contributed by atoms with E-state index in [1.807, 2.05) is 48.2 Å². The van der Waals surface area contributed by atoms with Gasteiger partial charge >= 0.3 is 6.09 Å². The molecule has 0 saturated carbocycles. The zero-order chi connectivity index (χ0) is 21.1. The van der Waals surface area contributed by atoms with Crippen LogP contribution in [0, 0.1) is 0 Å². The SMILES string of the molecule is COC(=O)Nc1ccc2c(c1)N(C(=O)C(C)N1CCCCC1)c1ccccc1CC2. The van der Waals surface area contributed by atoms with Gasteiger partial charge in [0.25, 0.3) is 0 Å². The number of aryl methyl sites for hydroxylation is 2. The molecule has 2 aliphatic heterocycles. The van der Waals surface area contributed by atoms with Crippen molar-refractivity contribution in [2.24, 2.45) is 0 Å². The Balaban J connectivity index is 1.76. The molecule has 6 nitrogen and oxygen atoms in total. The number of amides is 2. The molecule has 0 spiro atoms. The van der Waals surface area contributed by atoms with Crippen LogP contribution in [0.15, 0.2) is 42.5 Å². The van der Waals surface area contributed by atoms with Crippen LogP contribution in [0.4, 0.5) is 21.9 Å². The third-order valence-corrected chi connectivity index (χ3v) is 6.17. The largest absolute Gasteiger partial charge is 0.453 e. The van der Waals surface area contributed by atoms with E-state index in [2.05, 4.69) is 16.3 Å². The average molecular weight is 408 g/mol. The van der Waals surface area contributed by atoms with Crippen LogP contribution >= 0.6 is 0 Å². The fraction of sp³-hybridized carbons (Fsp3) is 0.417. The Kier molecular flexibility index (Phi) is 6.04. The Hall–Kier alpha value is -2.86. The maximum atomic E-state index is 13.8. The van der Waals surface area contributed by atoms with Gasteiger partial charge in [0.15, 0.2) is 0 Å². The lowest BCUT2D eigenvalue weighted by Gasteiger charge is -2.35. The van der Waals surface area contributed by atoms with Gasteiger partial charge < -0.3 is 4.74 Å². The lowest BCUT2D eigenvalue weighted by molar-refractivity contribution is -0.122. The molecule has 2 aromatic rings. The van der Waals surface area contributed by atoms with Gasteiger partial charge in [-0.2, -0.15) is 0 Å². The van der Waals surface area contributed by atoms with Gasteiger partial charge in [-0.1, -0.05) is 30.7 Å². The van der Waals surface area contributed by atoms with Gasteiger partial charge in [0.1, 0.15) is 0 Å². The van der Waals surface area contributed by atoms with Crippen LogP contribution in [-0.2, 0) is 22.4 Å². The molecule has 1 fully saturated rings. The van der Waals surface area contributed by atoms with Crippen molar-refractivity contribution in [2.75, 3.05) is 30.4 Å². The number of hydrogen-bond acceptors (Lipinski definition) is 4. The molecule has 1 N–H and O–H groups in total. The molecule has 2 aliphatic rings. The Morgan fingerprint density at radius 2 is 1.67 bits per heavy atom. The van der Waals surface area contributed by atoms with Crippen molar-refractivity contribution >= 4 is 29.1 Å². The van der Waals surface area contributed by atoms with Gasteiger partial charge in [-0.15, -0.1) is 0 Å². The fourth-order valence-corrected chi connectivity index (χ4v) is 4.46. The minimum Gasteiger partial charge on any atom is -0.453 e. The number of piperidine rings is 1. The summed E-state index contributed by atoms with van der Waals surface area (Å²) in [5.41, 5.74) is 4.64. The molecule has 1 saturated heterocycles. The lowest BCUT2D eigenvalue weighted by Crippen LogP contribution is -2.47. The van der Waals surface area contributed by atoms with Crippen LogP contribution in [0.3, 0.4) is 0 Å². The lowest BCUT2D eigenvalue weighted by atomic mass is 10.0. The van der Waals surface area contributed by atoms with E-state index in [4.69, 9.17) is 4.74 Å². The highest BCUT2D eigenvalue weighted by Crippen LogP contribution is 2.38. The number of para-hydroxylation sites is 1. The van der Waals surface area contributed by atoms with E-state index in [0.717, 1.165) is 61.3 Å². The summed E-state index contributed by atoms with van der Waals surface area (Å²) >= 11 is 0. The second kappa shape index (κ2) is 8.88. The predicted octanol–water partition coefficient (Wildman–Crippen LogP) is 4.50. The first-order chi connectivity index (χ1) is 14.6. The Bertz CT molecular complexity index is 937. The summed E-state index contributed by atoms with van der Waals surface area (Å²) in [6, 6.07) is 13.7. The van der Waals surface area contributed by atoms with Crippen molar-refractivity contribution in [3.05, 3.63) is 53.6 Å². The zero-order valence-corrected chi connectivity index (χ0v) is 17.7. The summed E-state index contributed by atoms with van der Waals surface area (Å²) in [6.07, 6.45) is 4.69. The van der Waals surface area contributed by atoms with Gasteiger partial charge in [0.2, 0.25) is 5.91 Å². The van der Waals surface area contributed by atoms with E-state index < -0.39 is 6.09 Å². The van der Waals surface area contributed by atoms with Crippen LogP contribution in [0.25, 0.3) is 0 Å². The third kappa shape index (κ3) is 4.05. The maximum absolute atomic E-state index is 13.8. The number of nitrogens with one attached hydrogen (secondary N) is 1. The summed E-state index contributed by atoms with van der Waals surface area (Å²) in [7, 11) is 1.34. The molecule has 2 heterocycles. The standard InChI is InChI=1S/C24H29N3O3/c1-17(26-14-6-3-7-15-26)23(28)27-21-9-5-4-8-18(21)10-11-19-12-13-20(16-22(19)27)25-24(29)30-2/h4-5,8-9,12-13,16-17H,3,6-7,10-11,14-15H2,1-2H3,(H,25,29). The minimum atomic E-state index is -0.525. The molecule has 0 aromatic heterocycles. The van der Waals surface area contributed by atoms with Gasteiger partial charge in [-0.05, 0) is 75.0 Å². The number of hydrogen-bond donors (Lipinski definition) is 1. The average Bonchev–Trinajstić information content (AvgIpc) is 2.95. The first-order valence-electron chi connectivity index (χ1n) is 10.7.